The van der Waals surface area contributed by atoms with E-state index in [-0.39, 0.29) is 5.75 Å². The number of rotatable bonds is 6. The van der Waals surface area contributed by atoms with Crippen molar-refractivity contribution in [3.05, 3.63) is 48.8 Å². The topological polar surface area (TPSA) is 90.1 Å². The van der Waals surface area contributed by atoms with Crippen LogP contribution in [0.2, 0.25) is 0 Å². The fraction of sp³-hybridized carbons (Fsp3) is 0.125. The number of carbonyl (C=O) groups is 1. The van der Waals surface area contributed by atoms with Gasteiger partial charge in [0.05, 0.1) is 12.9 Å². The van der Waals surface area contributed by atoms with Crippen LogP contribution in [0.1, 0.15) is 0 Å². The monoisotopic (exact) mass is 342 g/mol. The summed E-state index contributed by atoms with van der Waals surface area (Å²) in [6.45, 7) is 0. The average molecular weight is 342 g/mol. The van der Waals surface area contributed by atoms with E-state index in [0.29, 0.717) is 11.0 Å². The Morgan fingerprint density at radius 1 is 1.25 bits per heavy atom. The van der Waals surface area contributed by atoms with Crippen molar-refractivity contribution in [3.63, 3.8) is 0 Å². The molecule has 0 fully saturated rings. The summed E-state index contributed by atoms with van der Waals surface area (Å²) in [5, 5.41) is 17.8. The Hall–Kier alpha value is -2.87. The number of nitrogens with zero attached hydrogens (tertiary/aromatic N) is 4. The molecular weight excluding hydrogens is 328 g/mol. The Kier molecular flexibility index (Phi) is 4.76. The summed E-state index contributed by atoms with van der Waals surface area (Å²) in [6, 6.07) is 11.1. The molecule has 2 heterocycles. The predicted molar refractivity (Wildman–Crippen MR) is 89.5 cm³/mol. The summed E-state index contributed by atoms with van der Waals surface area (Å²) >= 11 is 1.11. The van der Waals surface area contributed by atoms with E-state index in [4.69, 9.17) is 9.84 Å². The lowest BCUT2D eigenvalue weighted by molar-refractivity contribution is -0.133. The van der Waals surface area contributed by atoms with Crippen LogP contribution in [-0.4, -0.2) is 43.7 Å². The van der Waals surface area contributed by atoms with Gasteiger partial charge in [-0.2, -0.15) is 0 Å². The zero-order valence-electron chi connectivity index (χ0n) is 12.8. The summed E-state index contributed by atoms with van der Waals surface area (Å²) in [4.78, 5) is 15.0. The molecular formula is C16H14N4O3S. The number of hydrogen-bond donors (Lipinski definition) is 1. The molecule has 0 spiro atoms. The number of pyridine rings is 1. The summed E-state index contributed by atoms with van der Waals surface area (Å²) in [5.74, 6) is 0.323. The largest absolute Gasteiger partial charge is 0.497 e. The van der Waals surface area contributed by atoms with Crippen molar-refractivity contribution < 1.29 is 14.6 Å². The second kappa shape index (κ2) is 7.14. The van der Waals surface area contributed by atoms with E-state index in [0.717, 1.165) is 28.8 Å². The number of thioether (sulfide) groups is 1. The molecule has 0 atom stereocenters. The predicted octanol–water partition coefficient (Wildman–Crippen LogP) is 2.51. The Bertz CT molecular complexity index is 834. The lowest BCUT2D eigenvalue weighted by atomic mass is 10.2. The Morgan fingerprint density at radius 2 is 2.04 bits per heavy atom. The Morgan fingerprint density at radius 3 is 2.67 bits per heavy atom. The van der Waals surface area contributed by atoms with Crippen LogP contribution in [0.5, 0.6) is 5.75 Å². The summed E-state index contributed by atoms with van der Waals surface area (Å²) in [7, 11) is 1.60. The highest BCUT2D eigenvalue weighted by Crippen LogP contribution is 2.28. The van der Waals surface area contributed by atoms with Gasteiger partial charge in [-0.05, 0) is 36.4 Å². The van der Waals surface area contributed by atoms with Gasteiger partial charge in [0.15, 0.2) is 11.0 Å². The van der Waals surface area contributed by atoms with Gasteiger partial charge in [-0.1, -0.05) is 11.8 Å². The van der Waals surface area contributed by atoms with Gasteiger partial charge in [-0.3, -0.25) is 14.3 Å². The molecule has 3 rings (SSSR count). The summed E-state index contributed by atoms with van der Waals surface area (Å²) in [5.41, 5.74) is 1.61. The molecule has 0 aliphatic heterocycles. The van der Waals surface area contributed by atoms with Gasteiger partial charge in [-0.25, -0.2) is 0 Å². The molecule has 2 aromatic heterocycles. The number of carboxylic acids is 1. The van der Waals surface area contributed by atoms with Crippen molar-refractivity contribution >= 4 is 17.7 Å². The molecule has 1 N–H and O–H groups in total. The van der Waals surface area contributed by atoms with Crippen molar-refractivity contribution in [1.82, 2.24) is 19.7 Å². The van der Waals surface area contributed by atoms with Crippen LogP contribution >= 0.6 is 11.8 Å². The number of ether oxygens (including phenoxy) is 1. The summed E-state index contributed by atoms with van der Waals surface area (Å²) in [6.07, 6.45) is 3.37. The van der Waals surface area contributed by atoms with Gasteiger partial charge < -0.3 is 9.84 Å². The number of benzene rings is 1. The van der Waals surface area contributed by atoms with Gasteiger partial charge in [0.1, 0.15) is 5.75 Å². The third-order valence-electron chi connectivity index (χ3n) is 3.21. The molecule has 3 aromatic rings. The van der Waals surface area contributed by atoms with E-state index in [1.165, 1.54) is 0 Å². The minimum absolute atomic E-state index is 0.0959. The normalized spacial score (nSPS) is 10.5. The Balaban J connectivity index is 2.08. The second-order valence-corrected chi connectivity index (χ2v) is 5.71. The lowest BCUT2D eigenvalue weighted by Gasteiger charge is -2.10. The highest BCUT2D eigenvalue weighted by Gasteiger charge is 2.17. The van der Waals surface area contributed by atoms with E-state index in [1.54, 1.807) is 19.5 Å². The maximum Gasteiger partial charge on any atom is 0.313 e. The van der Waals surface area contributed by atoms with Crippen molar-refractivity contribution in [2.75, 3.05) is 12.9 Å². The maximum atomic E-state index is 10.9. The average Bonchev–Trinajstić information content (AvgIpc) is 3.04. The molecule has 0 saturated heterocycles. The third kappa shape index (κ3) is 3.38. The molecule has 0 unspecified atom stereocenters. The molecule has 1 aromatic carbocycles. The molecule has 8 heteroatoms. The smallest absolute Gasteiger partial charge is 0.313 e. The van der Waals surface area contributed by atoms with Crippen molar-refractivity contribution in [1.29, 1.82) is 0 Å². The highest BCUT2D eigenvalue weighted by molar-refractivity contribution is 7.99. The van der Waals surface area contributed by atoms with Crippen LogP contribution in [0.4, 0.5) is 0 Å². The first-order valence-corrected chi connectivity index (χ1v) is 8.02. The SMILES string of the molecule is COc1ccc(-n2c(SCC(=O)O)nnc2-c2cccnc2)cc1. The van der Waals surface area contributed by atoms with E-state index in [1.807, 2.05) is 41.0 Å². The first-order chi connectivity index (χ1) is 11.7. The quantitative estimate of drug-likeness (QED) is 0.688. The number of aromatic nitrogens is 4. The van der Waals surface area contributed by atoms with Crippen LogP contribution in [0.25, 0.3) is 17.1 Å². The lowest BCUT2D eigenvalue weighted by Crippen LogP contribution is -2.03. The van der Waals surface area contributed by atoms with Crippen LogP contribution in [-0.2, 0) is 4.79 Å². The van der Waals surface area contributed by atoms with Gasteiger partial charge in [0.25, 0.3) is 0 Å². The maximum absolute atomic E-state index is 10.9. The van der Waals surface area contributed by atoms with Crippen LogP contribution in [0.3, 0.4) is 0 Å². The van der Waals surface area contributed by atoms with Crippen molar-refractivity contribution in [2.24, 2.45) is 0 Å². The van der Waals surface area contributed by atoms with E-state index in [2.05, 4.69) is 15.2 Å². The molecule has 7 nitrogen and oxygen atoms in total. The fourth-order valence-corrected chi connectivity index (χ4v) is 2.81. The third-order valence-corrected chi connectivity index (χ3v) is 4.12. The van der Waals surface area contributed by atoms with Gasteiger partial charge in [0.2, 0.25) is 0 Å². The van der Waals surface area contributed by atoms with Crippen molar-refractivity contribution in [3.8, 4) is 22.8 Å². The standard InChI is InChI=1S/C16H14N4O3S/c1-23-13-6-4-12(5-7-13)20-15(11-3-2-8-17-9-11)18-19-16(20)24-10-14(21)22/h2-9H,10H2,1H3,(H,21,22). The first kappa shape index (κ1) is 16.0. The number of aliphatic carboxylic acids is 1. The number of methoxy groups -OCH3 is 1. The number of hydrogen-bond acceptors (Lipinski definition) is 6. The first-order valence-electron chi connectivity index (χ1n) is 7.04. The van der Waals surface area contributed by atoms with Gasteiger partial charge in [-0.15, -0.1) is 10.2 Å². The van der Waals surface area contributed by atoms with Gasteiger partial charge in [0, 0.05) is 23.6 Å². The fourth-order valence-electron chi connectivity index (χ4n) is 2.14. The van der Waals surface area contributed by atoms with E-state index < -0.39 is 5.97 Å². The molecule has 0 bridgehead atoms. The summed E-state index contributed by atoms with van der Waals surface area (Å²) < 4.78 is 6.99. The second-order valence-electron chi connectivity index (χ2n) is 4.76. The molecule has 0 aliphatic carbocycles. The molecule has 0 aliphatic rings. The van der Waals surface area contributed by atoms with Crippen LogP contribution < -0.4 is 4.74 Å². The van der Waals surface area contributed by atoms with Gasteiger partial charge >= 0.3 is 5.97 Å². The van der Waals surface area contributed by atoms with E-state index >= 15 is 0 Å². The molecule has 0 amide bonds. The minimum Gasteiger partial charge on any atom is -0.497 e. The van der Waals surface area contributed by atoms with Crippen LogP contribution in [0.15, 0.2) is 53.9 Å². The molecule has 24 heavy (non-hydrogen) atoms. The Labute approximate surface area is 142 Å². The minimum atomic E-state index is -0.910. The number of carboxylic acid groups (broad SMARTS) is 1. The highest BCUT2D eigenvalue weighted by atomic mass is 32.2. The zero-order valence-corrected chi connectivity index (χ0v) is 13.6. The zero-order chi connectivity index (χ0) is 16.9. The molecule has 0 radical (unpaired) electrons. The molecule has 0 saturated carbocycles. The molecule has 122 valence electrons. The van der Waals surface area contributed by atoms with Crippen LogP contribution in [0, 0.1) is 0 Å². The van der Waals surface area contributed by atoms with E-state index in [9.17, 15) is 4.79 Å². The van der Waals surface area contributed by atoms with Crippen molar-refractivity contribution in [2.45, 2.75) is 5.16 Å².